The fourth-order valence-electron chi connectivity index (χ4n) is 2.61. The van der Waals surface area contributed by atoms with Crippen LogP contribution in [-0.2, 0) is 4.74 Å². The standard InChI is InChI=1S/C14H18Cl2N2O2/c15-11-4-12(16)6-13(5-11)18-14(19)20-8-10-3-1-2-9(10)7-17/h4-6,9-10H,1-3,7-8,17H2,(H,18,19). The van der Waals surface area contributed by atoms with Gasteiger partial charge in [-0.05, 0) is 49.4 Å². The predicted octanol–water partition coefficient (Wildman–Crippen LogP) is 3.92. The number of amides is 1. The molecule has 1 aliphatic carbocycles. The van der Waals surface area contributed by atoms with Crippen LogP contribution in [-0.4, -0.2) is 19.2 Å². The lowest BCUT2D eigenvalue weighted by molar-refractivity contribution is 0.130. The van der Waals surface area contributed by atoms with E-state index in [9.17, 15) is 4.79 Å². The summed E-state index contributed by atoms with van der Waals surface area (Å²) >= 11 is 11.7. The number of carbonyl (C=O) groups is 1. The van der Waals surface area contributed by atoms with Crippen molar-refractivity contribution in [2.24, 2.45) is 17.6 Å². The Labute approximate surface area is 128 Å². The van der Waals surface area contributed by atoms with Crippen LogP contribution in [0.25, 0.3) is 0 Å². The summed E-state index contributed by atoms with van der Waals surface area (Å²) in [6, 6.07) is 4.84. The molecule has 0 saturated heterocycles. The number of hydrogen-bond donors (Lipinski definition) is 2. The molecule has 2 unspecified atom stereocenters. The zero-order chi connectivity index (χ0) is 14.5. The van der Waals surface area contributed by atoms with Gasteiger partial charge < -0.3 is 10.5 Å². The van der Waals surface area contributed by atoms with Crippen LogP contribution in [0.1, 0.15) is 19.3 Å². The number of carbonyl (C=O) groups excluding carboxylic acids is 1. The summed E-state index contributed by atoms with van der Waals surface area (Å²) in [5, 5.41) is 3.55. The molecule has 0 aliphatic heterocycles. The van der Waals surface area contributed by atoms with E-state index in [-0.39, 0.29) is 0 Å². The Morgan fingerprint density at radius 1 is 1.25 bits per heavy atom. The Hall–Kier alpha value is -0.970. The normalized spacial score (nSPS) is 21.8. The van der Waals surface area contributed by atoms with Crippen molar-refractivity contribution in [1.29, 1.82) is 0 Å². The first-order valence-electron chi connectivity index (χ1n) is 6.68. The minimum Gasteiger partial charge on any atom is -0.449 e. The van der Waals surface area contributed by atoms with Crippen molar-refractivity contribution in [2.45, 2.75) is 19.3 Å². The van der Waals surface area contributed by atoms with Crippen molar-refractivity contribution in [3.05, 3.63) is 28.2 Å². The molecule has 20 heavy (non-hydrogen) atoms. The van der Waals surface area contributed by atoms with Crippen molar-refractivity contribution in [2.75, 3.05) is 18.5 Å². The maximum atomic E-state index is 11.7. The Morgan fingerprint density at radius 3 is 2.55 bits per heavy atom. The molecule has 1 saturated carbocycles. The van der Waals surface area contributed by atoms with Crippen LogP contribution in [0.4, 0.5) is 10.5 Å². The van der Waals surface area contributed by atoms with Crippen LogP contribution in [0.3, 0.4) is 0 Å². The Kier molecular flexibility index (Phi) is 5.52. The molecule has 0 heterocycles. The number of benzene rings is 1. The van der Waals surface area contributed by atoms with Crippen LogP contribution in [0, 0.1) is 11.8 Å². The van der Waals surface area contributed by atoms with Crippen LogP contribution in [0.2, 0.25) is 10.0 Å². The molecule has 1 aromatic rings. The zero-order valence-electron chi connectivity index (χ0n) is 11.1. The predicted molar refractivity (Wildman–Crippen MR) is 81.3 cm³/mol. The van der Waals surface area contributed by atoms with Crippen molar-refractivity contribution < 1.29 is 9.53 Å². The molecular weight excluding hydrogens is 299 g/mol. The second kappa shape index (κ2) is 7.16. The van der Waals surface area contributed by atoms with Gasteiger partial charge in [-0.25, -0.2) is 4.79 Å². The van der Waals surface area contributed by atoms with Gasteiger partial charge in [0, 0.05) is 15.7 Å². The maximum Gasteiger partial charge on any atom is 0.411 e. The summed E-state index contributed by atoms with van der Waals surface area (Å²) in [5.74, 6) is 0.831. The Bertz CT molecular complexity index is 462. The van der Waals surface area contributed by atoms with Crippen molar-refractivity contribution >= 4 is 35.0 Å². The van der Waals surface area contributed by atoms with Crippen molar-refractivity contribution in [3.63, 3.8) is 0 Å². The molecule has 6 heteroatoms. The topological polar surface area (TPSA) is 64.3 Å². The summed E-state index contributed by atoms with van der Waals surface area (Å²) in [6.07, 6.45) is 2.85. The average molecular weight is 317 g/mol. The number of nitrogens with one attached hydrogen (secondary N) is 1. The molecule has 2 atom stereocenters. The summed E-state index contributed by atoms with van der Waals surface area (Å²) in [4.78, 5) is 11.7. The lowest BCUT2D eigenvalue weighted by Crippen LogP contribution is -2.25. The number of ether oxygens (including phenoxy) is 1. The van der Waals surface area contributed by atoms with Gasteiger partial charge >= 0.3 is 6.09 Å². The minimum atomic E-state index is -0.494. The van der Waals surface area contributed by atoms with Gasteiger partial charge in [0.25, 0.3) is 0 Å². The first-order valence-corrected chi connectivity index (χ1v) is 7.44. The number of halogens is 2. The van der Waals surface area contributed by atoms with E-state index in [0.29, 0.717) is 40.7 Å². The SMILES string of the molecule is NCC1CCCC1COC(=O)Nc1cc(Cl)cc(Cl)c1. The molecule has 2 rings (SSSR count). The van der Waals surface area contributed by atoms with E-state index in [0.717, 1.165) is 19.3 Å². The number of nitrogens with two attached hydrogens (primary N) is 1. The van der Waals surface area contributed by atoms with Gasteiger partial charge in [0.2, 0.25) is 0 Å². The zero-order valence-corrected chi connectivity index (χ0v) is 12.6. The molecule has 0 radical (unpaired) electrons. The highest BCUT2D eigenvalue weighted by atomic mass is 35.5. The highest BCUT2D eigenvalue weighted by molar-refractivity contribution is 6.35. The monoisotopic (exact) mass is 316 g/mol. The van der Waals surface area contributed by atoms with Gasteiger partial charge in [-0.1, -0.05) is 29.6 Å². The first kappa shape index (κ1) is 15.4. The van der Waals surface area contributed by atoms with E-state index in [4.69, 9.17) is 33.7 Å². The summed E-state index contributed by atoms with van der Waals surface area (Å²) in [5.41, 5.74) is 6.22. The van der Waals surface area contributed by atoms with Crippen LogP contribution in [0.5, 0.6) is 0 Å². The lowest BCUT2D eigenvalue weighted by atomic mass is 9.97. The summed E-state index contributed by atoms with van der Waals surface area (Å²) < 4.78 is 5.25. The second-order valence-electron chi connectivity index (χ2n) is 5.07. The maximum absolute atomic E-state index is 11.7. The molecule has 0 bridgehead atoms. The molecule has 1 amide bonds. The van der Waals surface area contributed by atoms with Gasteiger partial charge in [-0.15, -0.1) is 0 Å². The Morgan fingerprint density at radius 2 is 1.90 bits per heavy atom. The fourth-order valence-corrected chi connectivity index (χ4v) is 3.13. The average Bonchev–Trinajstić information content (AvgIpc) is 2.82. The van der Waals surface area contributed by atoms with E-state index in [1.807, 2.05) is 0 Å². The number of anilines is 1. The smallest absolute Gasteiger partial charge is 0.411 e. The molecule has 0 aromatic heterocycles. The molecule has 3 N–H and O–H groups in total. The minimum absolute atomic E-state index is 0.369. The van der Waals surface area contributed by atoms with Gasteiger partial charge in [-0.2, -0.15) is 0 Å². The molecule has 110 valence electrons. The van der Waals surface area contributed by atoms with E-state index < -0.39 is 6.09 Å². The van der Waals surface area contributed by atoms with E-state index in [1.165, 1.54) is 0 Å². The molecule has 1 aliphatic rings. The summed E-state index contributed by atoms with van der Waals surface area (Å²) in [6.45, 7) is 1.06. The molecule has 0 spiro atoms. The van der Waals surface area contributed by atoms with Crippen molar-refractivity contribution in [3.8, 4) is 0 Å². The second-order valence-corrected chi connectivity index (χ2v) is 5.94. The third-order valence-electron chi connectivity index (χ3n) is 3.66. The van der Waals surface area contributed by atoms with Crippen LogP contribution in [0.15, 0.2) is 18.2 Å². The van der Waals surface area contributed by atoms with Gasteiger partial charge in [-0.3, -0.25) is 5.32 Å². The molecular formula is C14H18Cl2N2O2. The summed E-state index contributed by atoms with van der Waals surface area (Å²) in [7, 11) is 0. The number of rotatable bonds is 4. The molecule has 1 aromatic carbocycles. The lowest BCUT2D eigenvalue weighted by Gasteiger charge is -2.17. The molecule has 4 nitrogen and oxygen atoms in total. The Balaban J connectivity index is 1.83. The highest BCUT2D eigenvalue weighted by Crippen LogP contribution is 2.31. The fraction of sp³-hybridized carbons (Fsp3) is 0.500. The first-order chi connectivity index (χ1) is 9.58. The van der Waals surface area contributed by atoms with E-state index >= 15 is 0 Å². The van der Waals surface area contributed by atoms with E-state index in [2.05, 4.69) is 5.32 Å². The highest BCUT2D eigenvalue weighted by Gasteiger charge is 2.27. The molecule has 1 fully saturated rings. The van der Waals surface area contributed by atoms with Crippen LogP contribution < -0.4 is 11.1 Å². The van der Waals surface area contributed by atoms with Gasteiger partial charge in [0.05, 0.1) is 6.61 Å². The number of hydrogen-bond acceptors (Lipinski definition) is 3. The van der Waals surface area contributed by atoms with Crippen molar-refractivity contribution in [1.82, 2.24) is 0 Å². The van der Waals surface area contributed by atoms with Gasteiger partial charge in [0.1, 0.15) is 0 Å². The van der Waals surface area contributed by atoms with Gasteiger partial charge in [0.15, 0.2) is 0 Å². The quantitative estimate of drug-likeness (QED) is 0.885. The largest absolute Gasteiger partial charge is 0.449 e. The van der Waals surface area contributed by atoms with E-state index in [1.54, 1.807) is 18.2 Å². The third kappa shape index (κ3) is 4.27. The third-order valence-corrected chi connectivity index (χ3v) is 4.09. The van der Waals surface area contributed by atoms with Crippen LogP contribution >= 0.6 is 23.2 Å².